The molecule has 0 aliphatic carbocycles. The van der Waals surface area contributed by atoms with E-state index in [-0.39, 0.29) is 55.6 Å². The third-order valence-electron chi connectivity index (χ3n) is 8.96. The standard InChI is InChI=1S/C33H31FN4O6/c1-3-33(42)23-12-26-29-21(14-37(26)31(40)22(23)16-44-32(33)41)30-28-20(18(2)24(34)13-25(28)35-29)10-7-11-38(30)36-27(39)17-43-15-19-8-5-4-6-9-19/h4-6,8-9,12-13,42H,3,7,10-11,14-17H2,1-2H3,(H,36,39)/t33-/m0/s1. The molecule has 2 aromatic carbocycles. The predicted octanol–water partition coefficient (Wildman–Crippen LogP) is 3.53. The van der Waals surface area contributed by atoms with Crippen molar-refractivity contribution in [3.05, 3.63) is 92.0 Å². The lowest BCUT2D eigenvalue weighted by Crippen LogP contribution is -2.45. The Hall–Kier alpha value is -4.61. The monoisotopic (exact) mass is 598 g/mol. The molecule has 0 spiro atoms. The van der Waals surface area contributed by atoms with Crippen molar-refractivity contribution in [3.8, 4) is 11.4 Å². The van der Waals surface area contributed by atoms with Gasteiger partial charge in [-0.2, -0.15) is 0 Å². The van der Waals surface area contributed by atoms with E-state index in [9.17, 15) is 19.5 Å². The Bertz CT molecular complexity index is 1920. The van der Waals surface area contributed by atoms with Crippen LogP contribution in [0.5, 0.6) is 0 Å². The molecule has 11 heteroatoms. The van der Waals surface area contributed by atoms with Gasteiger partial charge in [0.2, 0.25) is 0 Å². The molecular formula is C33H31FN4O6. The molecule has 0 saturated heterocycles. The van der Waals surface area contributed by atoms with Gasteiger partial charge in [-0.05, 0) is 48.9 Å². The van der Waals surface area contributed by atoms with Crippen molar-refractivity contribution in [2.24, 2.45) is 0 Å². The van der Waals surface area contributed by atoms with Crippen LogP contribution in [0, 0.1) is 12.7 Å². The van der Waals surface area contributed by atoms with Crippen molar-refractivity contribution in [3.63, 3.8) is 0 Å². The summed E-state index contributed by atoms with van der Waals surface area (Å²) in [4.78, 5) is 44.4. The second kappa shape index (κ2) is 10.5. The number of carbonyl (C=O) groups excluding carboxylic acids is 2. The van der Waals surface area contributed by atoms with Gasteiger partial charge in [-0.3, -0.25) is 20.0 Å². The first-order valence-corrected chi connectivity index (χ1v) is 14.7. The number of aryl methyl sites for hydroxylation is 1. The van der Waals surface area contributed by atoms with Gasteiger partial charge >= 0.3 is 5.97 Å². The number of anilines is 1. The molecular weight excluding hydrogens is 567 g/mol. The minimum absolute atomic E-state index is 0.0188. The molecule has 3 aliphatic rings. The van der Waals surface area contributed by atoms with Gasteiger partial charge in [0.25, 0.3) is 11.5 Å². The molecule has 44 heavy (non-hydrogen) atoms. The third-order valence-corrected chi connectivity index (χ3v) is 8.96. The van der Waals surface area contributed by atoms with E-state index in [4.69, 9.17) is 14.5 Å². The highest BCUT2D eigenvalue weighted by atomic mass is 19.1. The van der Waals surface area contributed by atoms with Crippen LogP contribution in [0.1, 0.15) is 53.1 Å². The summed E-state index contributed by atoms with van der Waals surface area (Å²) >= 11 is 0. The van der Waals surface area contributed by atoms with Crippen molar-refractivity contribution in [1.29, 1.82) is 0 Å². The lowest BCUT2D eigenvalue weighted by molar-refractivity contribution is -0.172. The maximum absolute atomic E-state index is 15.2. The van der Waals surface area contributed by atoms with Crippen LogP contribution in [0.3, 0.4) is 0 Å². The second-order valence-electron chi connectivity index (χ2n) is 11.5. The number of halogens is 1. The summed E-state index contributed by atoms with van der Waals surface area (Å²) in [5.41, 5.74) is 5.88. The maximum atomic E-state index is 15.2. The topological polar surface area (TPSA) is 123 Å². The van der Waals surface area contributed by atoms with Gasteiger partial charge in [0.15, 0.2) is 5.60 Å². The zero-order chi connectivity index (χ0) is 30.7. The summed E-state index contributed by atoms with van der Waals surface area (Å²) in [6.45, 7) is 3.82. The first-order chi connectivity index (χ1) is 21.2. The first-order valence-electron chi connectivity index (χ1n) is 14.7. The number of rotatable bonds is 6. The SMILES string of the molecule is CC[C@@]1(O)C(=O)OCc2c1cc1n(c2=O)Cc2c-1nc1cc(F)c(C)c3c1c2N(NC(=O)COCc1ccccc1)CCC3. The highest BCUT2D eigenvalue weighted by molar-refractivity contribution is 6.01. The molecule has 0 saturated carbocycles. The fraction of sp³-hybridized carbons (Fsp3) is 0.333. The number of hydrogen-bond acceptors (Lipinski definition) is 8. The van der Waals surface area contributed by atoms with Crippen molar-refractivity contribution in [2.75, 3.05) is 18.2 Å². The van der Waals surface area contributed by atoms with E-state index in [0.717, 1.165) is 16.5 Å². The number of aliphatic hydroxyl groups is 1. The zero-order valence-corrected chi connectivity index (χ0v) is 24.4. The predicted molar refractivity (Wildman–Crippen MR) is 159 cm³/mol. The number of hydrogen-bond donors (Lipinski definition) is 2. The third kappa shape index (κ3) is 4.29. The van der Waals surface area contributed by atoms with E-state index in [0.29, 0.717) is 53.1 Å². The summed E-state index contributed by atoms with van der Waals surface area (Å²) in [5.74, 6) is -1.55. The molecule has 2 aromatic heterocycles. The number of pyridine rings is 2. The minimum atomic E-state index is -1.97. The lowest BCUT2D eigenvalue weighted by atomic mass is 9.86. The van der Waals surface area contributed by atoms with E-state index in [1.54, 1.807) is 24.9 Å². The van der Waals surface area contributed by atoms with E-state index in [2.05, 4.69) is 5.43 Å². The Labute approximate surface area is 252 Å². The molecule has 0 fully saturated rings. The largest absolute Gasteiger partial charge is 0.458 e. The molecule has 0 unspecified atom stereocenters. The Morgan fingerprint density at radius 3 is 2.75 bits per heavy atom. The van der Waals surface area contributed by atoms with Gasteiger partial charge in [0.1, 0.15) is 19.0 Å². The summed E-state index contributed by atoms with van der Waals surface area (Å²) in [6, 6.07) is 12.6. The summed E-state index contributed by atoms with van der Waals surface area (Å²) in [5, 5.41) is 13.7. The summed E-state index contributed by atoms with van der Waals surface area (Å²) in [7, 11) is 0. The highest BCUT2D eigenvalue weighted by Crippen LogP contribution is 2.45. The second-order valence-corrected chi connectivity index (χ2v) is 11.5. The fourth-order valence-electron chi connectivity index (χ4n) is 6.63. The molecule has 3 aliphatic heterocycles. The van der Waals surface area contributed by atoms with E-state index in [1.807, 2.05) is 30.3 Å². The van der Waals surface area contributed by atoms with E-state index in [1.165, 1.54) is 10.6 Å². The van der Waals surface area contributed by atoms with Gasteiger partial charge in [-0.25, -0.2) is 14.2 Å². The van der Waals surface area contributed by atoms with Crippen molar-refractivity contribution >= 4 is 28.5 Å². The minimum Gasteiger partial charge on any atom is -0.458 e. The molecule has 2 N–H and O–H groups in total. The van der Waals surface area contributed by atoms with Gasteiger partial charge in [-0.15, -0.1) is 0 Å². The van der Waals surface area contributed by atoms with Crippen molar-refractivity contribution in [2.45, 2.75) is 58.5 Å². The highest BCUT2D eigenvalue weighted by Gasteiger charge is 2.45. The molecule has 4 aromatic rings. The Morgan fingerprint density at radius 1 is 1.18 bits per heavy atom. The van der Waals surface area contributed by atoms with Crippen LogP contribution in [0.25, 0.3) is 22.3 Å². The number of nitrogens with one attached hydrogen (secondary N) is 1. The van der Waals surface area contributed by atoms with Gasteiger partial charge in [0, 0.05) is 29.1 Å². The maximum Gasteiger partial charge on any atom is 0.343 e. The molecule has 1 atom stereocenters. The van der Waals surface area contributed by atoms with Crippen LogP contribution in [0.4, 0.5) is 10.1 Å². The Balaban J connectivity index is 1.34. The average Bonchev–Trinajstić information content (AvgIpc) is 3.27. The Kier molecular flexibility index (Phi) is 6.74. The number of ether oxygens (including phenoxy) is 2. The quantitative estimate of drug-likeness (QED) is 0.285. The summed E-state index contributed by atoms with van der Waals surface area (Å²) in [6.07, 6.45) is 1.23. The van der Waals surface area contributed by atoms with Crippen LogP contribution in [-0.2, 0) is 50.8 Å². The van der Waals surface area contributed by atoms with E-state index >= 15 is 4.39 Å². The van der Waals surface area contributed by atoms with Crippen LogP contribution in [0.2, 0.25) is 0 Å². The van der Waals surface area contributed by atoms with Crippen LogP contribution in [-0.4, -0.2) is 39.7 Å². The normalized spacial score (nSPS) is 18.4. The average molecular weight is 599 g/mol. The van der Waals surface area contributed by atoms with Crippen LogP contribution < -0.4 is 16.0 Å². The first kappa shape index (κ1) is 28.2. The number of aromatic nitrogens is 2. The molecule has 1 amide bonds. The number of carbonyl (C=O) groups is 2. The lowest BCUT2D eigenvalue weighted by Gasteiger charge is -2.31. The Morgan fingerprint density at radius 2 is 1.98 bits per heavy atom. The van der Waals surface area contributed by atoms with Gasteiger partial charge in [-0.1, -0.05) is 37.3 Å². The molecule has 5 heterocycles. The van der Waals surface area contributed by atoms with Crippen molar-refractivity contribution in [1.82, 2.24) is 15.0 Å². The number of amides is 1. The molecule has 10 nitrogen and oxygen atoms in total. The number of fused-ring (bicyclic) bond motifs is 5. The number of hydrazine groups is 1. The zero-order valence-electron chi connectivity index (χ0n) is 24.4. The molecule has 0 radical (unpaired) electrons. The molecule has 0 bridgehead atoms. The number of nitrogens with zero attached hydrogens (tertiary/aromatic N) is 3. The van der Waals surface area contributed by atoms with Gasteiger partial charge < -0.3 is 19.1 Å². The smallest absolute Gasteiger partial charge is 0.343 e. The summed E-state index contributed by atoms with van der Waals surface area (Å²) < 4.78 is 27.6. The van der Waals surface area contributed by atoms with E-state index < -0.39 is 17.1 Å². The number of cyclic esters (lactones) is 1. The number of esters is 1. The number of benzene rings is 2. The van der Waals surface area contributed by atoms with Gasteiger partial charge in [0.05, 0.1) is 41.3 Å². The van der Waals surface area contributed by atoms with Crippen LogP contribution >= 0.6 is 0 Å². The fourth-order valence-corrected chi connectivity index (χ4v) is 6.63. The van der Waals surface area contributed by atoms with Crippen LogP contribution in [0.15, 0.2) is 47.3 Å². The molecule has 226 valence electrons. The van der Waals surface area contributed by atoms with Crippen molar-refractivity contribution < 1.29 is 28.6 Å². The molecule has 7 rings (SSSR count).